The van der Waals surface area contributed by atoms with Crippen molar-refractivity contribution in [3.8, 4) is 0 Å². The molecule has 0 radical (unpaired) electrons. The van der Waals surface area contributed by atoms with Crippen molar-refractivity contribution in [1.29, 1.82) is 0 Å². The summed E-state index contributed by atoms with van der Waals surface area (Å²) in [6.07, 6.45) is 5.45. The number of carboxylic acids is 1. The van der Waals surface area contributed by atoms with Gasteiger partial charge in [0.2, 0.25) is 11.9 Å². The van der Waals surface area contributed by atoms with Gasteiger partial charge in [-0.3, -0.25) is 19.8 Å². The molecule has 0 aromatic carbocycles. The molecule has 1 aromatic heterocycles. The van der Waals surface area contributed by atoms with Crippen molar-refractivity contribution in [2.24, 2.45) is 0 Å². The average molecular weight is 264 g/mol. The molecule has 102 valence electrons. The summed E-state index contributed by atoms with van der Waals surface area (Å²) in [5.41, 5.74) is 0. The highest BCUT2D eigenvalue weighted by Crippen LogP contribution is 2.16. The smallest absolute Gasteiger partial charge is 0.320 e. The van der Waals surface area contributed by atoms with Crippen molar-refractivity contribution in [3.63, 3.8) is 0 Å². The number of rotatable bonds is 4. The summed E-state index contributed by atoms with van der Waals surface area (Å²) in [5, 5.41) is 11.7. The van der Waals surface area contributed by atoms with Crippen LogP contribution in [0.5, 0.6) is 0 Å². The number of hydrogen-bond donors (Lipinski definition) is 2. The van der Waals surface area contributed by atoms with E-state index in [0.717, 1.165) is 12.8 Å². The Kier molecular flexibility index (Phi) is 4.40. The van der Waals surface area contributed by atoms with Crippen LogP contribution in [0.2, 0.25) is 0 Å². The first-order chi connectivity index (χ1) is 9.16. The Morgan fingerprint density at radius 3 is 2.79 bits per heavy atom. The maximum absolute atomic E-state index is 11.8. The number of anilines is 1. The Morgan fingerprint density at radius 1 is 1.37 bits per heavy atom. The number of carbonyl (C=O) groups excluding carboxylic acids is 1. The molecular weight excluding hydrogens is 248 g/mol. The van der Waals surface area contributed by atoms with E-state index in [1.54, 1.807) is 11.0 Å². The standard InChI is InChI=1S/C12H16N4O3/c17-10(15-12-13-5-3-6-14-12)8-16-7-2-1-4-9(16)11(18)19/h3,5-6,9H,1-2,4,7-8H2,(H,18,19)(H,13,14,15,17). The van der Waals surface area contributed by atoms with Gasteiger partial charge >= 0.3 is 5.97 Å². The molecule has 1 unspecified atom stereocenters. The van der Waals surface area contributed by atoms with Gasteiger partial charge in [0.1, 0.15) is 6.04 Å². The number of hydrogen-bond acceptors (Lipinski definition) is 5. The molecule has 7 heteroatoms. The molecule has 0 bridgehead atoms. The van der Waals surface area contributed by atoms with Gasteiger partial charge in [0, 0.05) is 12.4 Å². The molecule has 2 N–H and O–H groups in total. The number of nitrogens with zero attached hydrogens (tertiary/aromatic N) is 3. The van der Waals surface area contributed by atoms with Gasteiger partial charge in [0.25, 0.3) is 0 Å². The maximum atomic E-state index is 11.8. The maximum Gasteiger partial charge on any atom is 0.320 e. The van der Waals surface area contributed by atoms with Crippen molar-refractivity contribution in [3.05, 3.63) is 18.5 Å². The lowest BCUT2D eigenvalue weighted by atomic mass is 10.0. The molecule has 0 saturated carbocycles. The van der Waals surface area contributed by atoms with Gasteiger partial charge in [-0.2, -0.15) is 0 Å². The minimum Gasteiger partial charge on any atom is -0.480 e. The van der Waals surface area contributed by atoms with Crippen molar-refractivity contribution in [1.82, 2.24) is 14.9 Å². The molecule has 2 heterocycles. The van der Waals surface area contributed by atoms with Crippen LogP contribution in [0.25, 0.3) is 0 Å². The predicted octanol–water partition coefficient (Wildman–Crippen LogP) is 0.354. The van der Waals surface area contributed by atoms with Crippen molar-refractivity contribution in [2.75, 3.05) is 18.4 Å². The zero-order valence-corrected chi connectivity index (χ0v) is 10.5. The third-order valence-electron chi connectivity index (χ3n) is 3.06. The Labute approximate surface area is 110 Å². The molecule has 1 atom stereocenters. The average Bonchev–Trinajstić information content (AvgIpc) is 2.40. The van der Waals surface area contributed by atoms with Gasteiger partial charge in [-0.15, -0.1) is 0 Å². The monoisotopic (exact) mass is 264 g/mol. The minimum atomic E-state index is -0.872. The Hall–Kier alpha value is -2.02. The first-order valence-electron chi connectivity index (χ1n) is 6.20. The predicted molar refractivity (Wildman–Crippen MR) is 67.5 cm³/mol. The molecule has 0 aliphatic carbocycles. The molecule has 1 saturated heterocycles. The van der Waals surface area contributed by atoms with E-state index >= 15 is 0 Å². The molecule has 19 heavy (non-hydrogen) atoms. The van der Waals surface area contributed by atoms with Gasteiger partial charge < -0.3 is 5.11 Å². The number of carboxylic acid groups (broad SMARTS) is 1. The fourth-order valence-corrected chi connectivity index (χ4v) is 2.17. The van der Waals surface area contributed by atoms with E-state index in [1.165, 1.54) is 12.4 Å². The van der Waals surface area contributed by atoms with Crippen LogP contribution in [0.4, 0.5) is 5.95 Å². The third kappa shape index (κ3) is 3.72. The first-order valence-corrected chi connectivity index (χ1v) is 6.20. The van der Waals surface area contributed by atoms with Crippen LogP contribution in [0.1, 0.15) is 19.3 Å². The molecule has 1 aliphatic rings. The number of nitrogens with one attached hydrogen (secondary N) is 1. The van der Waals surface area contributed by atoms with E-state index in [9.17, 15) is 9.59 Å². The molecule has 1 aromatic rings. The van der Waals surface area contributed by atoms with Crippen molar-refractivity contribution in [2.45, 2.75) is 25.3 Å². The summed E-state index contributed by atoms with van der Waals surface area (Å²) in [7, 11) is 0. The fraction of sp³-hybridized carbons (Fsp3) is 0.500. The Balaban J connectivity index is 1.92. The van der Waals surface area contributed by atoms with Crippen molar-refractivity contribution >= 4 is 17.8 Å². The van der Waals surface area contributed by atoms with Crippen LogP contribution in [-0.4, -0.2) is 51.0 Å². The highest BCUT2D eigenvalue weighted by Gasteiger charge is 2.29. The molecule has 1 amide bonds. The van der Waals surface area contributed by atoms with E-state index in [2.05, 4.69) is 15.3 Å². The van der Waals surface area contributed by atoms with Gasteiger partial charge in [-0.1, -0.05) is 6.42 Å². The first kappa shape index (κ1) is 13.4. The molecule has 1 aliphatic heterocycles. The number of aromatic nitrogens is 2. The summed E-state index contributed by atoms with van der Waals surface area (Å²) < 4.78 is 0. The number of amides is 1. The Morgan fingerprint density at radius 2 is 2.11 bits per heavy atom. The third-order valence-corrected chi connectivity index (χ3v) is 3.06. The lowest BCUT2D eigenvalue weighted by Crippen LogP contribution is -2.47. The molecule has 2 rings (SSSR count). The van der Waals surface area contributed by atoms with Gasteiger partial charge in [-0.25, -0.2) is 9.97 Å². The van der Waals surface area contributed by atoms with Crippen molar-refractivity contribution < 1.29 is 14.7 Å². The summed E-state index contributed by atoms with van der Waals surface area (Å²) >= 11 is 0. The SMILES string of the molecule is O=C(CN1CCCCC1C(=O)O)Nc1ncccn1. The number of piperidine rings is 1. The fourth-order valence-electron chi connectivity index (χ4n) is 2.17. The van der Waals surface area contributed by atoms with Crippen LogP contribution in [-0.2, 0) is 9.59 Å². The minimum absolute atomic E-state index is 0.0508. The van der Waals surface area contributed by atoms with Crippen LogP contribution in [0, 0.1) is 0 Å². The van der Waals surface area contributed by atoms with Crippen LogP contribution >= 0.6 is 0 Å². The summed E-state index contributed by atoms with van der Waals surface area (Å²) in [6.45, 7) is 0.676. The second-order valence-electron chi connectivity index (χ2n) is 4.44. The molecule has 0 spiro atoms. The second-order valence-corrected chi connectivity index (χ2v) is 4.44. The van der Waals surface area contributed by atoms with E-state index in [0.29, 0.717) is 13.0 Å². The largest absolute Gasteiger partial charge is 0.480 e. The van der Waals surface area contributed by atoms with Crippen LogP contribution in [0.3, 0.4) is 0 Å². The quantitative estimate of drug-likeness (QED) is 0.815. The van der Waals surface area contributed by atoms with Gasteiger partial charge in [0.05, 0.1) is 6.54 Å². The lowest BCUT2D eigenvalue weighted by Gasteiger charge is -2.31. The number of likely N-dealkylation sites (tertiary alicyclic amines) is 1. The van der Waals surface area contributed by atoms with Crippen LogP contribution in [0.15, 0.2) is 18.5 Å². The van der Waals surface area contributed by atoms with E-state index < -0.39 is 12.0 Å². The number of carbonyl (C=O) groups is 2. The highest BCUT2D eigenvalue weighted by molar-refractivity contribution is 5.91. The molecule has 7 nitrogen and oxygen atoms in total. The normalized spacial score (nSPS) is 19.9. The Bertz CT molecular complexity index is 452. The summed E-state index contributed by atoms with van der Waals surface area (Å²) in [6, 6.07) is 1.08. The van der Waals surface area contributed by atoms with E-state index in [1.807, 2.05) is 0 Å². The summed E-state index contributed by atoms with van der Waals surface area (Å²) in [4.78, 5) is 32.4. The zero-order valence-electron chi connectivity index (χ0n) is 10.5. The highest BCUT2D eigenvalue weighted by atomic mass is 16.4. The topological polar surface area (TPSA) is 95.4 Å². The van der Waals surface area contributed by atoms with Gasteiger partial charge in [0.15, 0.2) is 0 Å². The summed E-state index contributed by atoms with van der Waals surface area (Å²) in [5.74, 6) is -0.931. The number of aliphatic carboxylic acids is 1. The lowest BCUT2D eigenvalue weighted by molar-refractivity contribution is -0.145. The second kappa shape index (κ2) is 6.24. The molecule has 1 fully saturated rings. The van der Waals surface area contributed by atoms with Gasteiger partial charge in [-0.05, 0) is 25.5 Å². The zero-order chi connectivity index (χ0) is 13.7. The van der Waals surface area contributed by atoms with E-state index in [-0.39, 0.29) is 18.4 Å². The van der Waals surface area contributed by atoms with Crippen LogP contribution < -0.4 is 5.32 Å². The molecular formula is C12H16N4O3. The van der Waals surface area contributed by atoms with E-state index in [4.69, 9.17) is 5.11 Å².